The first-order valence-electron chi connectivity index (χ1n) is 38.1. The summed E-state index contributed by atoms with van der Waals surface area (Å²) in [6.45, 7) is 63.2. The molecule has 0 heterocycles. The van der Waals surface area contributed by atoms with Gasteiger partial charge < -0.3 is 32.2 Å². The summed E-state index contributed by atoms with van der Waals surface area (Å²) in [6, 6.07) is 0. The van der Waals surface area contributed by atoms with E-state index in [1.165, 1.54) is 68.3 Å². The van der Waals surface area contributed by atoms with Gasteiger partial charge >= 0.3 is 317 Å². The van der Waals surface area contributed by atoms with Gasteiger partial charge in [-0.15, -0.1) is 0 Å². The van der Waals surface area contributed by atoms with Gasteiger partial charge in [0.2, 0.25) is 17.1 Å². The van der Waals surface area contributed by atoms with Gasteiger partial charge in [-0.05, 0) is 172 Å². The first-order chi connectivity index (χ1) is 48.5. The Morgan fingerprint density at radius 3 is 0.623 bits per heavy atom. The second-order valence-electron chi connectivity index (χ2n) is 31.9. The Balaban J connectivity index is 7.63. The molecule has 0 aliphatic carbocycles. The van der Waals surface area contributed by atoms with E-state index in [0.717, 1.165) is 51.4 Å². The molecule has 106 heavy (non-hydrogen) atoms. The molecule has 0 aliphatic rings. The third-order valence-corrected chi connectivity index (χ3v) is 53.8. The predicted octanol–water partition coefficient (Wildman–Crippen LogP) is 28.3. The van der Waals surface area contributed by atoms with Crippen molar-refractivity contribution in [2.75, 3.05) is 40.3 Å². The quantitative estimate of drug-likeness (QED) is 0.0436. The van der Waals surface area contributed by atoms with E-state index in [4.69, 9.17) is 146 Å². The van der Waals surface area contributed by atoms with Crippen molar-refractivity contribution in [3.05, 3.63) is 0 Å². The van der Waals surface area contributed by atoms with Gasteiger partial charge in [-0.2, -0.15) is 0 Å². The summed E-state index contributed by atoms with van der Waals surface area (Å²) in [5, 5.41) is 9.93. The number of carboxylic acids is 1. The van der Waals surface area contributed by atoms with Crippen molar-refractivity contribution in [3.63, 3.8) is 0 Å². The van der Waals surface area contributed by atoms with Crippen LogP contribution in [0.25, 0.3) is 0 Å². The molecular weight excluding hydrogens is 1750 g/mol. The van der Waals surface area contributed by atoms with Gasteiger partial charge in [0.15, 0.2) is 0 Å². The normalized spacial score (nSPS) is 20.6. The molecule has 0 saturated heterocycles. The number of aliphatic carboxylic acids is 1. The van der Waals surface area contributed by atoms with Crippen molar-refractivity contribution in [2.45, 2.75) is 351 Å². The molecular formula is C69H147O16P7S14. The molecule has 16 unspecified atom stereocenters. The van der Waals surface area contributed by atoms with Gasteiger partial charge in [0.05, 0.1) is 43.0 Å². The van der Waals surface area contributed by atoms with Crippen LogP contribution in [0.4, 0.5) is 0 Å². The van der Waals surface area contributed by atoms with Crippen LogP contribution < -0.4 is 0 Å². The molecule has 0 aromatic heterocycles. The molecule has 0 saturated carbocycles. The molecule has 0 amide bonds. The molecule has 16 atom stereocenters. The van der Waals surface area contributed by atoms with Gasteiger partial charge in [0.1, 0.15) is 0 Å². The Bertz CT molecular complexity index is 2550. The zero-order valence-electron chi connectivity index (χ0n) is 70.0. The van der Waals surface area contributed by atoms with E-state index in [1.54, 1.807) is 11.4 Å². The summed E-state index contributed by atoms with van der Waals surface area (Å²) in [6.07, 6.45) is -0.262. The number of carboxylic acid groups (broad SMARTS) is 1. The van der Waals surface area contributed by atoms with Gasteiger partial charge in [-0.1, -0.05) is 117 Å². The molecule has 0 aromatic rings. The second-order valence-corrected chi connectivity index (χ2v) is 76.8. The zero-order chi connectivity index (χ0) is 81.9. The van der Waals surface area contributed by atoms with Crippen LogP contribution in [0.3, 0.4) is 0 Å². The van der Waals surface area contributed by atoms with E-state index >= 15 is 0 Å². The average Bonchev–Trinajstić information content (AvgIpc) is 0.847. The molecule has 0 bridgehead atoms. The molecule has 1 N–H and O–H groups in total. The van der Waals surface area contributed by atoms with Crippen LogP contribution in [-0.4, -0.2) is 137 Å². The van der Waals surface area contributed by atoms with Crippen molar-refractivity contribution in [1.29, 1.82) is 0 Å². The minimum Gasteiger partial charge on any atom is -0.481 e. The van der Waals surface area contributed by atoms with Gasteiger partial charge in [0, 0.05) is 17.3 Å². The summed E-state index contributed by atoms with van der Waals surface area (Å²) in [5.41, 5.74) is -18.5. The summed E-state index contributed by atoms with van der Waals surface area (Å²) in [7, 11) is 0. The number of hydrogen-bond donors (Lipinski definition) is 2. The summed E-state index contributed by atoms with van der Waals surface area (Å²) >= 11 is 53.9. The Hall–Kier alpha value is 6.04. The van der Waals surface area contributed by atoms with E-state index in [0.29, 0.717) is 81.9 Å². The van der Waals surface area contributed by atoms with Crippen molar-refractivity contribution in [2.24, 2.45) is 47.3 Å². The summed E-state index contributed by atoms with van der Waals surface area (Å²) < 4.78 is 95.4. The van der Waals surface area contributed by atoms with E-state index in [1.807, 2.05) is 41.5 Å². The molecule has 0 radical (unpaired) electrons. The molecule has 37 heteroatoms. The first-order valence-corrected chi connectivity index (χ1v) is 68.3. The fourth-order valence-electron chi connectivity index (χ4n) is 11.1. The number of hydrogen-bond acceptors (Lipinski definition) is 29. The fraction of sp³-hybridized carbons (Fsp3) is 0.986. The first kappa shape index (κ1) is 112. The van der Waals surface area contributed by atoms with Crippen LogP contribution in [0.5, 0.6) is 0 Å². The molecule has 638 valence electrons. The van der Waals surface area contributed by atoms with Gasteiger partial charge in [0.25, 0.3) is 0 Å². The van der Waals surface area contributed by atoms with Crippen LogP contribution in [0, 0.1) is 47.3 Å². The third-order valence-electron chi connectivity index (χ3n) is 14.2. The maximum absolute atomic E-state index is 12.1. The average molecular weight is 1900 g/mol. The number of thiol groups is 1. The molecule has 0 fully saturated rings. The predicted molar refractivity (Wildman–Crippen MR) is 506 cm³/mol. The van der Waals surface area contributed by atoms with E-state index in [9.17, 15) is 9.90 Å². The standard InChI is InChI=1S/C69H147O16P7S14/c1-47(2)33-55(17)72-87(94,73-56(18)34-48(3)4)101-43-65(27)82-91(98,83-66(28)44-102-88(95,74-57(19)35-49(5)6)75-58(20)36-50(7)8)105-41-63(25)80-86(93,100-32-31-69(70)71)81-64(26)42-106-92(99,84-67(29)45-103-89(96,76-59(21)37-51(9)10)77-60(22)38-52(11)12)85-68(30)46-104-90(97,78-61(23)39-53(13)14)79-62(24)40-54(15)16/h47-68,87,94H,31-46H2,1-30H3,(H,70,71). The molecule has 16 nitrogen and oxygen atoms in total. The smallest absolute Gasteiger partial charge is 0.481 e. The Labute approximate surface area is 713 Å². The Morgan fingerprint density at radius 2 is 0.443 bits per heavy atom. The van der Waals surface area contributed by atoms with Crippen molar-refractivity contribution in [3.8, 4) is 0 Å². The Kier molecular flexibility index (Phi) is 59.9. The van der Waals surface area contributed by atoms with E-state index < -0.39 is 82.9 Å². The zero-order valence-corrected chi connectivity index (χ0v) is 87.9. The topological polar surface area (TPSA) is 167 Å². The molecule has 0 rings (SSSR count). The molecule has 0 aliphatic heterocycles. The summed E-state index contributed by atoms with van der Waals surface area (Å²) in [4.78, 5) is 12.1. The number of carbonyl (C=O) groups is 1. The van der Waals surface area contributed by atoms with Crippen LogP contribution in [-0.2, 0) is 139 Å². The Morgan fingerprint density at radius 1 is 0.283 bits per heavy atom. The van der Waals surface area contributed by atoms with Gasteiger partial charge in [-0.25, -0.2) is 0 Å². The molecule has 0 spiro atoms. The van der Waals surface area contributed by atoms with Gasteiger partial charge in [-0.3, -0.25) is 4.79 Å². The minimum atomic E-state index is -3.35. The molecule has 0 aromatic carbocycles. The monoisotopic (exact) mass is 1900 g/mol. The second kappa shape index (κ2) is 56.7. The maximum atomic E-state index is 12.1. The van der Waals surface area contributed by atoms with Crippen LogP contribution in [0.1, 0.15) is 265 Å². The minimum absolute atomic E-state index is 0.0704. The van der Waals surface area contributed by atoms with Crippen LogP contribution in [0.15, 0.2) is 0 Å². The third kappa shape index (κ3) is 57.4. The van der Waals surface area contributed by atoms with E-state index in [2.05, 4.69) is 166 Å². The van der Waals surface area contributed by atoms with Crippen molar-refractivity contribution >= 4 is 209 Å². The number of rotatable bonds is 66. The van der Waals surface area contributed by atoms with Crippen LogP contribution in [0.2, 0.25) is 0 Å². The van der Waals surface area contributed by atoms with Crippen molar-refractivity contribution in [1.82, 2.24) is 0 Å². The van der Waals surface area contributed by atoms with E-state index in [-0.39, 0.29) is 61.0 Å². The summed E-state index contributed by atoms with van der Waals surface area (Å²) in [5.74, 6) is 4.85. The fourth-order valence-corrected chi connectivity index (χ4v) is 51.1. The van der Waals surface area contributed by atoms with Crippen LogP contribution >= 0.6 is 132 Å². The van der Waals surface area contributed by atoms with Crippen molar-refractivity contribution < 1.29 is 73.2 Å². The SMILES string of the molecule is CC(C)CC(C)OP(=S)(OC(C)CC(C)C)SCC(C)OP(=S)(OC(C)CSP(=S)(OC(C)CC(C)C)OC(C)CC(C)C)SCC(C)OP(=S)(OC(C)CSP(=S)(OC(C)CSP(=S)(OC(C)CC(C)C)OC(C)CC(C)C)OC(C)CS[PH](S)(OC(C)CC(C)C)OC(C)CC(C)C)SCCC(=O)O.